The lowest BCUT2D eigenvalue weighted by atomic mass is 9.96. The molecule has 3 heterocycles. The number of ether oxygens (including phenoxy) is 2. The largest absolute Gasteiger partial charge is 0.496 e. The van der Waals surface area contributed by atoms with Gasteiger partial charge in [0.05, 0.1) is 25.8 Å². The van der Waals surface area contributed by atoms with Crippen LogP contribution in [0.2, 0.25) is 0 Å². The molecule has 0 spiro atoms. The molecule has 1 N–H and O–H groups in total. The van der Waals surface area contributed by atoms with Crippen molar-refractivity contribution in [2.75, 3.05) is 31.7 Å². The third-order valence-corrected chi connectivity index (χ3v) is 5.96. The number of H-pyrrole nitrogens is 1. The maximum Gasteiger partial charge on any atom is 0.414 e. The van der Waals surface area contributed by atoms with Gasteiger partial charge in [-0.2, -0.15) is 0 Å². The van der Waals surface area contributed by atoms with Crippen molar-refractivity contribution in [2.45, 2.75) is 19.4 Å². The van der Waals surface area contributed by atoms with E-state index in [1.54, 1.807) is 12.0 Å². The zero-order valence-electron chi connectivity index (χ0n) is 16.8. The lowest BCUT2D eigenvalue weighted by Gasteiger charge is -2.31. The fourth-order valence-corrected chi connectivity index (χ4v) is 4.47. The summed E-state index contributed by atoms with van der Waals surface area (Å²) >= 11 is 0. The van der Waals surface area contributed by atoms with Crippen LogP contribution in [-0.2, 0) is 28.9 Å². The van der Waals surface area contributed by atoms with Gasteiger partial charge in [0.2, 0.25) is 5.91 Å². The van der Waals surface area contributed by atoms with Gasteiger partial charge in [-0.3, -0.25) is 9.69 Å². The van der Waals surface area contributed by atoms with E-state index in [1.807, 2.05) is 47.5 Å². The summed E-state index contributed by atoms with van der Waals surface area (Å²) in [5, 5.41) is 0.959. The van der Waals surface area contributed by atoms with Crippen LogP contribution in [0.1, 0.15) is 16.7 Å². The topological polar surface area (TPSA) is 74.9 Å². The standard InChI is InChI=1S/C23H23N3O4/c1-29-20-7-3-5-18-22(20)16(13-24-18)12-21(27)25-9-8-17-15(14-25)4-2-6-19(17)26-10-11-30-23(26)28/h2-7,13,24H,8-12,14H2,1H3. The lowest BCUT2D eigenvalue weighted by molar-refractivity contribution is -0.131. The fourth-order valence-electron chi connectivity index (χ4n) is 4.47. The lowest BCUT2D eigenvalue weighted by Crippen LogP contribution is -2.38. The Morgan fingerprint density at radius 1 is 1.20 bits per heavy atom. The average Bonchev–Trinajstić information content (AvgIpc) is 3.39. The number of nitrogens with zero attached hydrogens (tertiary/aromatic N) is 2. The van der Waals surface area contributed by atoms with Gasteiger partial charge in [-0.25, -0.2) is 4.79 Å². The first-order valence-electron chi connectivity index (χ1n) is 10.1. The maximum absolute atomic E-state index is 13.1. The minimum Gasteiger partial charge on any atom is -0.496 e. The molecule has 2 amide bonds. The summed E-state index contributed by atoms with van der Waals surface area (Å²) in [7, 11) is 1.64. The Balaban J connectivity index is 1.37. The second kappa shape index (κ2) is 7.40. The first kappa shape index (κ1) is 18.5. The van der Waals surface area contributed by atoms with Gasteiger partial charge >= 0.3 is 6.09 Å². The molecule has 7 nitrogen and oxygen atoms in total. The van der Waals surface area contributed by atoms with Gasteiger partial charge in [0, 0.05) is 30.2 Å². The summed E-state index contributed by atoms with van der Waals surface area (Å²) in [5.74, 6) is 0.848. The number of aromatic amines is 1. The molecule has 1 saturated heterocycles. The summed E-state index contributed by atoms with van der Waals surface area (Å²) in [6.45, 7) is 2.16. The Kier molecular flexibility index (Phi) is 4.58. The Morgan fingerprint density at radius 2 is 2.07 bits per heavy atom. The van der Waals surface area contributed by atoms with E-state index in [-0.39, 0.29) is 12.0 Å². The quantitative estimate of drug-likeness (QED) is 0.723. The van der Waals surface area contributed by atoms with Crippen LogP contribution < -0.4 is 9.64 Å². The summed E-state index contributed by atoms with van der Waals surface area (Å²) in [6, 6.07) is 11.8. The smallest absolute Gasteiger partial charge is 0.414 e. The van der Waals surface area contributed by atoms with Crippen LogP contribution in [-0.4, -0.2) is 48.7 Å². The highest BCUT2D eigenvalue weighted by Crippen LogP contribution is 2.32. The third-order valence-electron chi connectivity index (χ3n) is 5.96. The molecule has 1 fully saturated rings. The molecule has 0 bridgehead atoms. The Hall–Kier alpha value is -3.48. The third kappa shape index (κ3) is 3.07. The van der Waals surface area contributed by atoms with E-state index in [4.69, 9.17) is 9.47 Å². The van der Waals surface area contributed by atoms with E-state index >= 15 is 0 Å². The van der Waals surface area contributed by atoms with Gasteiger partial charge in [-0.1, -0.05) is 18.2 Å². The Labute approximate surface area is 174 Å². The summed E-state index contributed by atoms with van der Waals surface area (Å²) in [5.41, 5.74) is 5.02. The van der Waals surface area contributed by atoms with Crippen LogP contribution in [0.4, 0.5) is 10.5 Å². The zero-order chi connectivity index (χ0) is 20.7. The van der Waals surface area contributed by atoms with E-state index in [1.165, 1.54) is 0 Å². The number of carbonyl (C=O) groups is 2. The molecule has 2 aliphatic rings. The summed E-state index contributed by atoms with van der Waals surface area (Å²) < 4.78 is 10.6. The van der Waals surface area contributed by atoms with Gasteiger partial charge in [0.1, 0.15) is 12.4 Å². The molecule has 154 valence electrons. The van der Waals surface area contributed by atoms with Crippen LogP contribution in [0.3, 0.4) is 0 Å². The molecule has 5 rings (SSSR count). The van der Waals surface area contributed by atoms with Gasteiger partial charge < -0.3 is 19.4 Å². The minimum atomic E-state index is -0.296. The Morgan fingerprint density at radius 3 is 2.87 bits per heavy atom. The summed E-state index contributed by atoms with van der Waals surface area (Å²) in [4.78, 5) is 31.9. The van der Waals surface area contributed by atoms with E-state index in [0.29, 0.717) is 32.7 Å². The molecule has 0 radical (unpaired) electrons. The van der Waals surface area contributed by atoms with E-state index in [0.717, 1.165) is 45.5 Å². The van der Waals surface area contributed by atoms with Crippen molar-refractivity contribution in [3.8, 4) is 5.75 Å². The number of anilines is 1. The number of nitrogens with one attached hydrogen (secondary N) is 1. The number of hydrogen-bond acceptors (Lipinski definition) is 4. The van der Waals surface area contributed by atoms with Crippen LogP contribution in [0.5, 0.6) is 5.75 Å². The number of cyclic esters (lactones) is 1. The highest BCUT2D eigenvalue weighted by atomic mass is 16.6. The second-order valence-electron chi connectivity index (χ2n) is 7.62. The van der Waals surface area contributed by atoms with E-state index in [2.05, 4.69) is 4.98 Å². The number of aromatic nitrogens is 1. The highest BCUT2D eigenvalue weighted by Gasteiger charge is 2.29. The molecule has 3 aromatic rings. The van der Waals surface area contributed by atoms with Crippen LogP contribution in [0, 0.1) is 0 Å². The number of fused-ring (bicyclic) bond motifs is 2. The number of rotatable bonds is 4. The van der Waals surface area contributed by atoms with Crippen molar-refractivity contribution in [1.29, 1.82) is 0 Å². The van der Waals surface area contributed by atoms with Gasteiger partial charge in [-0.15, -0.1) is 0 Å². The Bertz CT molecular complexity index is 1140. The molecular formula is C23H23N3O4. The molecule has 2 aliphatic heterocycles. The number of methoxy groups -OCH3 is 1. The second-order valence-corrected chi connectivity index (χ2v) is 7.62. The molecule has 2 aromatic carbocycles. The van der Waals surface area contributed by atoms with Crippen molar-refractivity contribution >= 4 is 28.6 Å². The molecule has 0 saturated carbocycles. The number of amides is 2. The molecule has 0 unspecified atom stereocenters. The van der Waals surface area contributed by atoms with Crippen molar-refractivity contribution < 1.29 is 19.1 Å². The predicted molar refractivity (Wildman–Crippen MR) is 113 cm³/mol. The van der Waals surface area contributed by atoms with Crippen LogP contribution in [0.25, 0.3) is 10.9 Å². The van der Waals surface area contributed by atoms with Crippen LogP contribution >= 0.6 is 0 Å². The zero-order valence-corrected chi connectivity index (χ0v) is 16.8. The molecule has 0 atom stereocenters. The van der Waals surface area contributed by atoms with Crippen molar-refractivity contribution in [3.05, 3.63) is 59.3 Å². The van der Waals surface area contributed by atoms with Crippen LogP contribution in [0.15, 0.2) is 42.6 Å². The SMILES string of the molecule is COc1cccc2[nH]cc(CC(=O)N3CCc4c(cccc4N4CCOC4=O)C3)c12. The summed E-state index contributed by atoms with van der Waals surface area (Å²) in [6.07, 6.45) is 2.63. The molecule has 7 heteroatoms. The first-order chi connectivity index (χ1) is 14.7. The highest BCUT2D eigenvalue weighted by molar-refractivity contribution is 5.93. The molecule has 30 heavy (non-hydrogen) atoms. The van der Waals surface area contributed by atoms with Crippen molar-refractivity contribution in [3.63, 3.8) is 0 Å². The first-order valence-corrected chi connectivity index (χ1v) is 10.1. The monoisotopic (exact) mass is 405 g/mol. The van der Waals surface area contributed by atoms with Gasteiger partial charge in [0.15, 0.2) is 0 Å². The van der Waals surface area contributed by atoms with Crippen molar-refractivity contribution in [1.82, 2.24) is 9.88 Å². The number of benzene rings is 2. The van der Waals surface area contributed by atoms with E-state index < -0.39 is 0 Å². The van der Waals surface area contributed by atoms with Crippen molar-refractivity contribution in [2.24, 2.45) is 0 Å². The minimum absolute atomic E-state index is 0.0819. The number of hydrogen-bond donors (Lipinski definition) is 1. The molecular weight excluding hydrogens is 382 g/mol. The molecule has 0 aliphatic carbocycles. The predicted octanol–water partition coefficient (Wildman–Crippen LogP) is 3.26. The fraction of sp³-hybridized carbons (Fsp3) is 0.304. The van der Waals surface area contributed by atoms with Gasteiger partial charge in [0.25, 0.3) is 0 Å². The number of carbonyl (C=O) groups excluding carboxylic acids is 2. The maximum atomic E-state index is 13.1. The normalized spacial score (nSPS) is 16.0. The van der Waals surface area contributed by atoms with E-state index in [9.17, 15) is 9.59 Å². The average molecular weight is 405 g/mol. The van der Waals surface area contributed by atoms with Gasteiger partial charge in [-0.05, 0) is 41.3 Å². The molecule has 1 aromatic heterocycles.